The van der Waals surface area contributed by atoms with E-state index in [0.29, 0.717) is 19.8 Å². The third-order valence-corrected chi connectivity index (χ3v) is 10.3. The first-order valence-corrected chi connectivity index (χ1v) is 17.4. The highest BCUT2D eigenvalue weighted by Crippen LogP contribution is 2.39. The highest BCUT2D eigenvalue weighted by atomic mass is 33.1. The van der Waals surface area contributed by atoms with Crippen LogP contribution < -0.4 is 10.9 Å². The predicted molar refractivity (Wildman–Crippen MR) is 190 cm³/mol. The van der Waals surface area contributed by atoms with Crippen molar-refractivity contribution in [3.63, 3.8) is 0 Å². The van der Waals surface area contributed by atoms with Gasteiger partial charge in [0.15, 0.2) is 8.64 Å². The molecule has 0 saturated heterocycles. The average molecular weight is 667 g/mol. The zero-order chi connectivity index (χ0) is 29.6. The Morgan fingerprint density at radius 3 is 1.43 bits per heavy atom. The molecule has 4 aromatic carbocycles. The van der Waals surface area contributed by atoms with Crippen molar-refractivity contribution in [3.05, 3.63) is 119 Å². The number of thiocarbonyl (C=S) groups is 2. The summed E-state index contributed by atoms with van der Waals surface area (Å²) < 4.78 is 1.09. The van der Waals surface area contributed by atoms with E-state index in [-0.39, 0.29) is 11.5 Å². The fourth-order valence-electron chi connectivity index (χ4n) is 3.29. The van der Waals surface area contributed by atoms with Gasteiger partial charge < -0.3 is 10.2 Å². The summed E-state index contributed by atoms with van der Waals surface area (Å²) in [4.78, 5) is 1.84. The zero-order valence-electron chi connectivity index (χ0n) is 22.0. The second-order valence-electron chi connectivity index (χ2n) is 8.47. The number of nitrogens with one attached hydrogen (secondary N) is 2. The molecule has 0 aliphatic heterocycles. The molecule has 0 fully saturated rings. The van der Waals surface area contributed by atoms with E-state index in [9.17, 15) is 10.2 Å². The van der Waals surface area contributed by atoms with Crippen LogP contribution in [-0.4, -0.2) is 31.3 Å². The zero-order valence-corrected chi connectivity index (χ0v) is 26.9. The number of rotatable bonds is 11. The number of thioether (sulfide) groups is 2. The van der Waals surface area contributed by atoms with Crippen LogP contribution in [0.25, 0.3) is 0 Å². The number of nitrogens with zero attached hydrogens (tertiary/aromatic N) is 2. The second-order valence-corrected chi connectivity index (χ2v) is 14.1. The predicted octanol–water partition coefficient (Wildman–Crippen LogP) is 8.18. The molecule has 6 nitrogen and oxygen atoms in total. The SMILES string of the molecule is Oc1ccc(SSc2ccc(O)c(/C=N/NC(=S)SCc3ccccc3)c2)cc1/C=N/NC(=S)SCc1ccccc1. The largest absolute Gasteiger partial charge is 0.507 e. The fraction of sp³-hybridized carbons (Fsp3) is 0.0667. The third-order valence-electron chi connectivity index (χ3n) is 5.38. The summed E-state index contributed by atoms with van der Waals surface area (Å²) in [7, 11) is 3.03. The number of benzene rings is 4. The minimum absolute atomic E-state index is 0.119. The maximum Gasteiger partial charge on any atom is 0.154 e. The van der Waals surface area contributed by atoms with E-state index in [0.717, 1.165) is 21.3 Å². The number of phenolic OH excluding ortho intramolecular Hbond substituents is 2. The first kappa shape index (κ1) is 31.9. The van der Waals surface area contributed by atoms with Crippen LogP contribution in [0, 0.1) is 0 Å². The van der Waals surface area contributed by atoms with Crippen molar-refractivity contribution >= 4 is 90.6 Å². The summed E-state index contributed by atoms with van der Waals surface area (Å²) in [6.07, 6.45) is 3.09. The maximum atomic E-state index is 10.3. The lowest BCUT2D eigenvalue weighted by molar-refractivity contribution is 0.473. The molecule has 0 radical (unpaired) electrons. The average Bonchev–Trinajstić information content (AvgIpc) is 3.01. The summed E-state index contributed by atoms with van der Waals surface area (Å²) in [5.41, 5.74) is 9.18. The molecule has 4 aromatic rings. The molecular weight excluding hydrogens is 641 g/mol. The molecule has 214 valence electrons. The minimum Gasteiger partial charge on any atom is -0.507 e. The molecule has 12 heteroatoms. The molecule has 0 heterocycles. The Balaban J connectivity index is 1.26. The lowest BCUT2D eigenvalue weighted by Crippen LogP contribution is -2.11. The lowest BCUT2D eigenvalue weighted by Gasteiger charge is -2.07. The van der Waals surface area contributed by atoms with Crippen LogP contribution in [0.2, 0.25) is 0 Å². The van der Waals surface area contributed by atoms with Gasteiger partial charge in [-0.2, -0.15) is 10.2 Å². The molecular formula is C30H26N4O2S6. The van der Waals surface area contributed by atoms with Crippen molar-refractivity contribution in [1.82, 2.24) is 10.9 Å². The Kier molecular flexibility index (Phi) is 13.1. The van der Waals surface area contributed by atoms with Gasteiger partial charge in [0, 0.05) is 32.4 Å². The summed E-state index contributed by atoms with van der Waals surface area (Å²) in [6, 6.07) is 30.7. The molecule has 0 amide bonds. The number of aromatic hydroxyl groups is 2. The molecule has 0 spiro atoms. The molecule has 0 aromatic heterocycles. The van der Waals surface area contributed by atoms with Crippen molar-refractivity contribution in [2.45, 2.75) is 21.3 Å². The van der Waals surface area contributed by atoms with Gasteiger partial charge in [0.2, 0.25) is 0 Å². The molecule has 0 atom stereocenters. The minimum atomic E-state index is 0.119. The number of hydrogen-bond acceptors (Lipinski definition) is 10. The number of hydrazone groups is 2. The topological polar surface area (TPSA) is 89.2 Å². The molecule has 0 aliphatic rings. The Hall–Kier alpha value is -3.00. The first-order valence-electron chi connectivity index (χ1n) is 12.5. The number of hydrogen-bond donors (Lipinski definition) is 4. The molecule has 4 rings (SSSR count). The summed E-state index contributed by atoms with van der Waals surface area (Å²) in [5, 5.41) is 29.0. The van der Waals surface area contributed by atoms with E-state index in [1.54, 1.807) is 24.6 Å². The van der Waals surface area contributed by atoms with Crippen molar-refractivity contribution in [1.29, 1.82) is 0 Å². The first-order chi connectivity index (χ1) is 20.5. The molecule has 0 bridgehead atoms. The van der Waals surface area contributed by atoms with Crippen LogP contribution in [0.1, 0.15) is 22.3 Å². The van der Waals surface area contributed by atoms with Gasteiger partial charge >= 0.3 is 0 Å². The van der Waals surface area contributed by atoms with Gasteiger partial charge in [0.1, 0.15) is 11.5 Å². The summed E-state index contributed by atoms with van der Waals surface area (Å²) in [5.74, 6) is 1.74. The van der Waals surface area contributed by atoms with Crippen molar-refractivity contribution in [2.24, 2.45) is 10.2 Å². The van der Waals surface area contributed by atoms with Gasteiger partial charge in [-0.05, 0) is 47.5 Å². The van der Waals surface area contributed by atoms with Gasteiger partial charge in [-0.3, -0.25) is 10.9 Å². The lowest BCUT2D eigenvalue weighted by atomic mass is 10.2. The fourth-order valence-corrected chi connectivity index (χ4v) is 6.95. The summed E-state index contributed by atoms with van der Waals surface area (Å²) in [6.45, 7) is 0. The van der Waals surface area contributed by atoms with E-state index in [4.69, 9.17) is 24.4 Å². The standard InChI is InChI=1S/C30H26N4O2S6/c35-27-13-11-25(15-23(27)17-31-33-29(37)39-19-21-7-3-1-4-8-21)41-42-26-12-14-28(36)24(16-26)18-32-34-30(38)40-20-22-9-5-2-6-10-22/h1-18,35-36H,19-20H2,(H,33,37)(H,34,38)/b31-17+,32-18+. The molecule has 0 saturated carbocycles. The Labute approximate surface area is 272 Å². The third kappa shape index (κ3) is 11.0. The highest BCUT2D eigenvalue weighted by molar-refractivity contribution is 8.76. The quantitative estimate of drug-likeness (QED) is 0.0544. The summed E-state index contributed by atoms with van der Waals surface area (Å²) >= 11 is 13.7. The molecule has 0 aliphatic carbocycles. The Morgan fingerprint density at radius 1 is 0.619 bits per heavy atom. The molecule has 0 unspecified atom stereocenters. The van der Waals surface area contributed by atoms with Crippen LogP contribution >= 0.6 is 69.5 Å². The van der Waals surface area contributed by atoms with Gasteiger partial charge in [-0.15, -0.1) is 0 Å². The normalized spacial score (nSPS) is 11.1. The maximum absolute atomic E-state index is 10.3. The van der Waals surface area contributed by atoms with E-state index >= 15 is 0 Å². The van der Waals surface area contributed by atoms with Crippen molar-refractivity contribution in [2.75, 3.05) is 0 Å². The van der Waals surface area contributed by atoms with E-state index in [1.807, 2.05) is 84.9 Å². The van der Waals surface area contributed by atoms with Gasteiger partial charge in [-0.25, -0.2) is 0 Å². The van der Waals surface area contributed by atoms with Crippen LogP contribution in [0.4, 0.5) is 0 Å². The van der Waals surface area contributed by atoms with E-state index in [1.165, 1.54) is 56.2 Å². The van der Waals surface area contributed by atoms with Crippen LogP contribution in [0.3, 0.4) is 0 Å². The van der Waals surface area contributed by atoms with Crippen LogP contribution in [0.5, 0.6) is 11.5 Å². The van der Waals surface area contributed by atoms with E-state index < -0.39 is 0 Å². The Bertz CT molecular complexity index is 1440. The smallest absolute Gasteiger partial charge is 0.154 e. The number of phenols is 2. The highest BCUT2D eigenvalue weighted by Gasteiger charge is 2.06. The second kappa shape index (κ2) is 17.2. The van der Waals surface area contributed by atoms with Gasteiger partial charge in [0.05, 0.1) is 12.4 Å². The van der Waals surface area contributed by atoms with Crippen LogP contribution in [-0.2, 0) is 11.5 Å². The van der Waals surface area contributed by atoms with E-state index in [2.05, 4.69) is 21.1 Å². The van der Waals surface area contributed by atoms with Crippen molar-refractivity contribution < 1.29 is 10.2 Å². The monoisotopic (exact) mass is 666 g/mol. The molecule has 42 heavy (non-hydrogen) atoms. The van der Waals surface area contributed by atoms with Crippen molar-refractivity contribution in [3.8, 4) is 11.5 Å². The van der Waals surface area contributed by atoms with Gasteiger partial charge in [0.25, 0.3) is 0 Å². The van der Waals surface area contributed by atoms with Crippen LogP contribution in [0.15, 0.2) is 117 Å². The molecule has 4 N–H and O–H groups in total. The Morgan fingerprint density at radius 2 is 1.02 bits per heavy atom. The van der Waals surface area contributed by atoms with Gasteiger partial charge in [-0.1, -0.05) is 130 Å².